The van der Waals surface area contributed by atoms with Crippen LogP contribution in [0.15, 0.2) is 22.2 Å². The van der Waals surface area contributed by atoms with Crippen LogP contribution in [0, 0.1) is 5.82 Å². The van der Waals surface area contributed by atoms with E-state index in [1.807, 2.05) is 20.8 Å². The average molecular weight is 432 g/mol. The van der Waals surface area contributed by atoms with E-state index in [4.69, 9.17) is 15.3 Å². The molecule has 31 heavy (non-hydrogen) atoms. The lowest BCUT2D eigenvalue weighted by Crippen LogP contribution is -2.56. The van der Waals surface area contributed by atoms with Gasteiger partial charge in [0.25, 0.3) is 0 Å². The van der Waals surface area contributed by atoms with E-state index in [0.717, 1.165) is 6.07 Å². The SMILES string of the molecule is CCO/N=C1\CN(c2c(F)cc3c(=O)c(C(=O)O)cn4c3c2OC[C@@H]4C)CCC1(C)N. The zero-order valence-corrected chi connectivity index (χ0v) is 17.6. The Labute approximate surface area is 177 Å². The molecule has 2 aliphatic rings. The van der Waals surface area contributed by atoms with Crippen molar-refractivity contribution in [1.29, 1.82) is 0 Å². The lowest BCUT2D eigenvalue weighted by molar-refractivity contribution is 0.0694. The Morgan fingerprint density at radius 3 is 2.94 bits per heavy atom. The fourth-order valence-electron chi connectivity index (χ4n) is 4.08. The second-order valence-electron chi connectivity index (χ2n) is 8.22. The molecule has 1 aromatic heterocycles. The van der Waals surface area contributed by atoms with Gasteiger partial charge in [0.2, 0.25) is 5.43 Å². The number of nitrogens with two attached hydrogens (primary N) is 1. The third-order valence-corrected chi connectivity index (χ3v) is 5.89. The molecular weight excluding hydrogens is 407 g/mol. The van der Waals surface area contributed by atoms with Crippen molar-refractivity contribution < 1.29 is 23.9 Å². The lowest BCUT2D eigenvalue weighted by atomic mass is 9.88. The first-order valence-corrected chi connectivity index (χ1v) is 10.2. The second-order valence-corrected chi connectivity index (χ2v) is 8.22. The van der Waals surface area contributed by atoms with Gasteiger partial charge in [-0.1, -0.05) is 5.16 Å². The number of halogens is 1. The van der Waals surface area contributed by atoms with E-state index in [-0.39, 0.29) is 36.0 Å². The highest BCUT2D eigenvalue weighted by molar-refractivity contribution is 6.00. The minimum Gasteiger partial charge on any atom is -0.487 e. The molecule has 0 saturated carbocycles. The number of pyridine rings is 1. The molecule has 1 aromatic carbocycles. The first-order valence-electron chi connectivity index (χ1n) is 10.2. The number of anilines is 1. The number of carboxylic acid groups (broad SMARTS) is 1. The first-order chi connectivity index (χ1) is 14.7. The molecule has 1 fully saturated rings. The summed E-state index contributed by atoms with van der Waals surface area (Å²) in [5, 5.41) is 13.5. The van der Waals surface area contributed by atoms with Crippen molar-refractivity contribution >= 4 is 28.3 Å². The number of benzene rings is 1. The van der Waals surface area contributed by atoms with Crippen molar-refractivity contribution in [2.75, 3.05) is 31.2 Å². The van der Waals surface area contributed by atoms with Crippen molar-refractivity contribution in [2.24, 2.45) is 10.9 Å². The Hall–Kier alpha value is -3.14. The number of rotatable bonds is 4. The van der Waals surface area contributed by atoms with Gasteiger partial charge >= 0.3 is 5.97 Å². The number of carboxylic acids is 1. The van der Waals surface area contributed by atoms with Gasteiger partial charge in [0.1, 0.15) is 24.5 Å². The van der Waals surface area contributed by atoms with Crippen molar-refractivity contribution in [1.82, 2.24) is 4.57 Å². The van der Waals surface area contributed by atoms with Crippen LogP contribution in [0.1, 0.15) is 43.6 Å². The first kappa shape index (κ1) is 21.1. The van der Waals surface area contributed by atoms with E-state index < -0.39 is 28.3 Å². The van der Waals surface area contributed by atoms with E-state index in [0.29, 0.717) is 30.8 Å². The molecule has 3 N–H and O–H groups in total. The maximum atomic E-state index is 15.4. The largest absolute Gasteiger partial charge is 0.487 e. The van der Waals surface area contributed by atoms with Gasteiger partial charge < -0.3 is 29.9 Å². The van der Waals surface area contributed by atoms with Gasteiger partial charge in [-0.25, -0.2) is 9.18 Å². The maximum Gasteiger partial charge on any atom is 0.341 e. The van der Waals surface area contributed by atoms with Gasteiger partial charge in [-0.05, 0) is 33.3 Å². The van der Waals surface area contributed by atoms with Gasteiger partial charge in [0, 0.05) is 12.7 Å². The van der Waals surface area contributed by atoms with Crippen LogP contribution in [0.5, 0.6) is 5.75 Å². The summed E-state index contributed by atoms with van der Waals surface area (Å²) in [5.41, 5.74) is 5.69. The topological polar surface area (TPSA) is 119 Å². The zero-order valence-electron chi connectivity index (χ0n) is 17.6. The molecule has 2 aromatic rings. The highest BCUT2D eigenvalue weighted by atomic mass is 19.1. The molecule has 0 bridgehead atoms. The molecule has 166 valence electrons. The van der Waals surface area contributed by atoms with Crippen LogP contribution in [0.4, 0.5) is 10.1 Å². The molecule has 0 spiro atoms. The van der Waals surface area contributed by atoms with E-state index in [1.54, 1.807) is 9.47 Å². The standard InChI is InChI=1S/C21H25FN4O5/c1-4-31-24-15-9-25(6-5-21(15,3)23)17-14(22)7-12-16-19(17)30-10-11(2)26(16)8-13(18(12)27)20(28)29/h7-8,11H,4-6,9-10,23H2,1-3H3,(H,28,29)/b24-15+/t11-,21?/m0/s1. The average Bonchev–Trinajstić information content (AvgIpc) is 2.71. The normalized spacial score (nSPS) is 24.4. The van der Waals surface area contributed by atoms with Crippen LogP contribution in [-0.2, 0) is 4.84 Å². The minimum absolute atomic E-state index is 0.0217. The number of carbonyl (C=O) groups is 1. The van der Waals surface area contributed by atoms with Crippen LogP contribution < -0.4 is 20.8 Å². The number of piperidine rings is 1. The Kier molecular flexibility index (Phi) is 5.12. The molecule has 0 radical (unpaired) electrons. The van der Waals surface area contributed by atoms with E-state index in [9.17, 15) is 14.7 Å². The molecule has 0 aliphatic carbocycles. The second kappa shape index (κ2) is 7.52. The molecule has 2 aliphatic heterocycles. The molecular formula is C21H25FN4O5. The minimum atomic E-state index is -1.35. The maximum absolute atomic E-state index is 15.4. The summed E-state index contributed by atoms with van der Waals surface area (Å²) >= 11 is 0. The van der Waals surface area contributed by atoms with Crippen LogP contribution >= 0.6 is 0 Å². The molecule has 9 nitrogen and oxygen atoms in total. The summed E-state index contributed by atoms with van der Waals surface area (Å²) in [6.45, 7) is 6.78. The number of aromatic nitrogens is 1. The third-order valence-electron chi connectivity index (χ3n) is 5.89. The Bertz CT molecular complexity index is 1160. The molecule has 2 atom stereocenters. The number of hydrogen-bond donors (Lipinski definition) is 2. The fourth-order valence-corrected chi connectivity index (χ4v) is 4.08. The molecule has 1 unspecified atom stereocenters. The highest BCUT2D eigenvalue weighted by Gasteiger charge is 2.37. The van der Waals surface area contributed by atoms with Gasteiger partial charge in [-0.15, -0.1) is 0 Å². The number of hydrogen-bond acceptors (Lipinski definition) is 7. The monoisotopic (exact) mass is 432 g/mol. The summed E-state index contributed by atoms with van der Waals surface area (Å²) in [7, 11) is 0. The van der Waals surface area contributed by atoms with Gasteiger partial charge in [0.15, 0.2) is 11.6 Å². The summed E-state index contributed by atoms with van der Waals surface area (Å²) in [5.74, 6) is -1.80. The third kappa shape index (κ3) is 3.40. The van der Waals surface area contributed by atoms with Crippen molar-refractivity contribution in [2.45, 2.75) is 38.8 Å². The predicted octanol–water partition coefficient (Wildman–Crippen LogP) is 2.11. The predicted molar refractivity (Wildman–Crippen MR) is 114 cm³/mol. The summed E-state index contributed by atoms with van der Waals surface area (Å²) in [4.78, 5) is 31.2. The molecule has 3 heterocycles. The van der Waals surface area contributed by atoms with Gasteiger partial charge in [-0.3, -0.25) is 4.79 Å². The van der Waals surface area contributed by atoms with Crippen molar-refractivity contribution in [3.05, 3.63) is 33.9 Å². The van der Waals surface area contributed by atoms with Crippen molar-refractivity contribution in [3.8, 4) is 5.75 Å². The Morgan fingerprint density at radius 2 is 2.26 bits per heavy atom. The van der Waals surface area contributed by atoms with E-state index in [1.165, 1.54) is 6.20 Å². The van der Waals surface area contributed by atoms with Crippen LogP contribution in [-0.4, -0.2) is 53.2 Å². The number of ether oxygens (including phenoxy) is 1. The van der Waals surface area contributed by atoms with E-state index in [2.05, 4.69) is 5.16 Å². The van der Waals surface area contributed by atoms with Crippen LogP contribution in [0.2, 0.25) is 0 Å². The molecule has 4 rings (SSSR count). The fraction of sp³-hybridized carbons (Fsp3) is 0.476. The number of oxime groups is 1. The molecule has 0 amide bonds. The Balaban J connectivity index is 1.91. The molecule has 1 saturated heterocycles. The van der Waals surface area contributed by atoms with Gasteiger partial charge in [0.05, 0.1) is 34.7 Å². The van der Waals surface area contributed by atoms with Gasteiger partial charge in [-0.2, -0.15) is 0 Å². The lowest BCUT2D eigenvalue weighted by Gasteiger charge is -2.40. The summed E-state index contributed by atoms with van der Waals surface area (Å²) in [6, 6.07) is 0.868. The molecule has 10 heteroatoms. The van der Waals surface area contributed by atoms with E-state index >= 15 is 4.39 Å². The number of aromatic carboxylic acids is 1. The summed E-state index contributed by atoms with van der Waals surface area (Å²) < 4.78 is 22.9. The smallest absolute Gasteiger partial charge is 0.341 e. The number of nitrogens with zero attached hydrogens (tertiary/aromatic N) is 3. The van der Waals surface area contributed by atoms with Crippen LogP contribution in [0.25, 0.3) is 10.9 Å². The van der Waals surface area contributed by atoms with Crippen molar-refractivity contribution in [3.63, 3.8) is 0 Å². The Morgan fingerprint density at radius 1 is 1.52 bits per heavy atom. The summed E-state index contributed by atoms with van der Waals surface area (Å²) in [6.07, 6.45) is 1.82. The quantitative estimate of drug-likeness (QED) is 0.710. The highest BCUT2D eigenvalue weighted by Crippen LogP contribution is 2.42. The van der Waals surface area contributed by atoms with Crippen LogP contribution in [0.3, 0.4) is 0 Å². The zero-order chi connectivity index (χ0) is 22.5.